The van der Waals surface area contributed by atoms with Crippen LogP contribution in [0.3, 0.4) is 0 Å². The second-order valence-electron chi connectivity index (χ2n) is 5.95. The molecular weight excluding hydrogens is 236 g/mol. The van der Waals surface area contributed by atoms with Crippen LogP contribution in [0.5, 0.6) is 0 Å². The van der Waals surface area contributed by atoms with Gasteiger partial charge in [0.15, 0.2) is 5.78 Å². The molecule has 2 heteroatoms. The van der Waals surface area contributed by atoms with Gasteiger partial charge in [-0.05, 0) is 51.2 Å². The lowest BCUT2D eigenvalue weighted by molar-refractivity contribution is 0.0444. The van der Waals surface area contributed by atoms with Crippen molar-refractivity contribution in [1.82, 2.24) is 0 Å². The van der Waals surface area contributed by atoms with Crippen molar-refractivity contribution in [2.45, 2.75) is 54.1 Å². The summed E-state index contributed by atoms with van der Waals surface area (Å²) in [5, 5.41) is 0. The third-order valence-corrected chi connectivity index (χ3v) is 3.26. The molecule has 0 radical (unpaired) electrons. The first kappa shape index (κ1) is 15.9. The molecule has 1 atom stereocenters. The maximum absolute atomic E-state index is 12.3. The van der Waals surface area contributed by atoms with Crippen LogP contribution in [0.1, 0.15) is 54.2 Å². The summed E-state index contributed by atoms with van der Waals surface area (Å²) in [5.74, 6) is 0.679. The van der Waals surface area contributed by atoms with Gasteiger partial charge in [0.1, 0.15) is 6.61 Å². The molecule has 0 aliphatic carbocycles. The van der Waals surface area contributed by atoms with Gasteiger partial charge in [-0.25, -0.2) is 0 Å². The predicted molar refractivity (Wildman–Crippen MR) is 79.9 cm³/mol. The Morgan fingerprint density at radius 3 is 2.11 bits per heavy atom. The highest BCUT2D eigenvalue weighted by molar-refractivity contribution is 5.99. The Morgan fingerprint density at radius 2 is 1.63 bits per heavy atom. The fourth-order valence-electron chi connectivity index (χ4n) is 2.64. The summed E-state index contributed by atoms with van der Waals surface area (Å²) in [6, 6.07) is 4.11. The van der Waals surface area contributed by atoms with E-state index in [0.717, 1.165) is 23.1 Å². The van der Waals surface area contributed by atoms with E-state index < -0.39 is 0 Å². The molecule has 2 nitrogen and oxygen atoms in total. The van der Waals surface area contributed by atoms with E-state index >= 15 is 0 Å². The van der Waals surface area contributed by atoms with E-state index in [2.05, 4.69) is 32.9 Å². The Labute approximate surface area is 117 Å². The zero-order chi connectivity index (χ0) is 14.6. The molecule has 106 valence electrons. The predicted octanol–water partition coefficient (Wildman–Crippen LogP) is 4.25. The number of hydrogen-bond acceptors (Lipinski definition) is 2. The summed E-state index contributed by atoms with van der Waals surface area (Å²) < 4.78 is 5.66. The lowest BCUT2D eigenvalue weighted by Crippen LogP contribution is -2.19. The van der Waals surface area contributed by atoms with Crippen LogP contribution in [0.15, 0.2) is 12.1 Å². The second-order valence-corrected chi connectivity index (χ2v) is 5.95. The molecule has 1 aromatic carbocycles. The van der Waals surface area contributed by atoms with E-state index in [-0.39, 0.29) is 18.5 Å². The summed E-state index contributed by atoms with van der Waals surface area (Å²) >= 11 is 0. The van der Waals surface area contributed by atoms with Gasteiger partial charge in [0.05, 0.1) is 6.10 Å². The molecule has 0 aliphatic rings. The van der Waals surface area contributed by atoms with Gasteiger partial charge >= 0.3 is 0 Å². The number of ketones is 1. The summed E-state index contributed by atoms with van der Waals surface area (Å²) in [4.78, 5) is 12.3. The number of benzene rings is 1. The van der Waals surface area contributed by atoms with Crippen molar-refractivity contribution in [3.8, 4) is 0 Å². The van der Waals surface area contributed by atoms with Crippen molar-refractivity contribution >= 4 is 5.78 Å². The Bertz CT molecular complexity index is 424. The quantitative estimate of drug-likeness (QED) is 0.717. The minimum absolute atomic E-state index is 0.0885. The number of carbonyl (C=O) groups is 1. The summed E-state index contributed by atoms with van der Waals surface area (Å²) in [7, 11) is 0. The lowest BCUT2D eigenvalue weighted by Gasteiger charge is -2.16. The van der Waals surface area contributed by atoms with Crippen LogP contribution < -0.4 is 0 Å². The average Bonchev–Trinajstić information content (AvgIpc) is 2.23. The van der Waals surface area contributed by atoms with Crippen LogP contribution >= 0.6 is 0 Å². The molecule has 0 saturated heterocycles. The Morgan fingerprint density at radius 1 is 1.11 bits per heavy atom. The van der Waals surface area contributed by atoms with Gasteiger partial charge in [0.2, 0.25) is 0 Å². The van der Waals surface area contributed by atoms with Crippen molar-refractivity contribution in [3.05, 3.63) is 34.4 Å². The van der Waals surface area contributed by atoms with E-state index in [0.29, 0.717) is 5.92 Å². The van der Waals surface area contributed by atoms with Crippen molar-refractivity contribution in [2.75, 3.05) is 6.61 Å². The SMILES string of the molecule is Cc1cc(C)c(C(=O)COC(C)CC(C)C)c(C)c1. The second kappa shape index (κ2) is 6.85. The molecular formula is C17H26O2. The Hall–Kier alpha value is -1.15. The zero-order valence-corrected chi connectivity index (χ0v) is 13.0. The minimum Gasteiger partial charge on any atom is -0.370 e. The van der Waals surface area contributed by atoms with Gasteiger partial charge < -0.3 is 4.74 Å². The Kier molecular flexibility index (Phi) is 5.74. The highest BCUT2D eigenvalue weighted by atomic mass is 16.5. The number of aryl methyl sites for hydroxylation is 3. The minimum atomic E-state index is 0.0885. The molecule has 1 aromatic rings. The van der Waals surface area contributed by atoms with Gasteiger partial charge in [-0.3, -0.25) is 4.79 Å². The van der Waals surface area contributed by atoms with Gasteiger partial charge in [-0.15, -0.1) is 0 Å². The van der Waals surface area contributed by atoms with Crippen LogP contribution in [0, 0.1) is 26.7 Å². The van der Waals surface area contributed by atoms with Crippen LogP contribution in [0.25, 0.3) is 0 Å². The fraction of sp³-hybridized carbons (Fsp3) is 0.588. The number of rotatable bonds is 6. The fourth-order valence-corrected chi connectivity index (χ4v) is 2.64. The van der Waals surface area contributed by atoms with Gasteiger partial charge in [0, 0.05) is 5.56 Å². The third kappa shape index (κ3) is 4.79. The largest absolute Gasteiger partial charge is 0.370 e. The zero-order valence-electron chi connectivity index (χ0n) is 13.0. The van der Waals surface area contributed by atoms with E-state index in [1.807, 2.05) is 20.8 Å². The van der Waals surface area contributed by atoms with Crippen LogP contribution in [-0.2, 0) is 4.74 Å². The monoisotopic (exact) mass is 262 g/mol. The molecule has 0 heterocycles. The molecule has 0 N–H and O–H groups in total. The highest BCUT2D eigenvalue weighted by Gasteiger charge is 2.14. The molecule has 0 fully saturated rings. The van der Waals surface area contributed by atoms with Gasteiger partial charge in [-0.2, -0.15) is 0 Å². The van der Waals surface area contributed by atoms with Crippen molar-refractivity contribution in [2.24, 2.45) is 5.92 Å². The maximum atomic E-state index is 12.3. The first-order valence-electron chi connectivity index (χ1n) is 7.04. The van der Waals surface area contributed by atoms with Crippen LogP contribution in [-0.4, -0.2) is 18.5 Å². The van der Waals surface area contributed by atoms with Crippen LogP contribution in [0.2, 0.25) is 0 Å². The summed E-state index contributed by atoms with van der Waals surface area (Å²) in [6.07, 6.45) is 1.12. The third-order valence-electron chi connectivity index (χ3n) is 3.26. The summed E-state index contributed by atoms with van der Waals surface area (Å²) in [6.45, 7) is 12.6. The topological polar surface area (TPSA) is 26.3 Å². The molecule has 0 saturated carbocycles. The number of carbonyl (C=O) groups excluding carboxylic acids is 1. The number of hydrogen-bond donors (Lipinski definition) is 0. The van der Waals surface area contributed by atoms with E-state index in [4.69, 9.17) is 4.74 Å². The van der Waals surface area contributed by atoms with Crippen LogP contribution in [0.4, 0.5) is 0 Å². The molecule has 0 aromatic heterocycles. The van der Waals surface area contributed by atoms with Gasteiger partial charge in [0.25, 0.3) is 0 Å². The van der Waals surface area contributed by atoms with E-state index in [1.54, 1.807) is 0 Å². The standard InChI is InChI=1S/C17H26O2/c1-11(2)7-15(6)19-10-16(18)17-13(4)8-12(3)9-14(17)5/h8-9,11,15H,7,10H2,1-6H3. The molecule has 0 spiro atoms. The highest BCUT2D eigenvalue weighted by Crippen LogP contribution is 2.17. The van der Waals surface area contributed by atoms with E-state index in [9.17, 15) is 4.79 Å². The molecule has 1 rings (SSSR count). The number of ether oxygens (including phenoxy) is 1. The van der Waals surface area contributed by atoms with Crippen molar-refractivity contribution < 1.29 is 9.53 Å². The van der Waals surface area contributed by atoms with Crippen molar-refractivity contribution in [1.29, 1.82) is 0 Å². The van der Waals surface area contributed by atoms with E-state index in [1.165, 1.54) is 5.56 Å². The van der Waals surface area contributed by atoms with Gasteiger partial charge in [-0.1, -0.05) is 31.5 Å². The molecule has 0 aliphatic heterocycles. The average molecular weight is 262 g/mol. The molecule has 0 bridgehead atoms. The first-order chi connectivity index (χ1) is 8.81. The smallest absolute Gasteiger partial charge is 0.189 e. The molecule has 1 unspecified atom stereocenters. The Balaban J connectivity index is 2.69. The summed E-state index contributed by atoms with van der Waals surface area (Å²) in [5.41, 5.74) is 4.10. The molecule has 0 amide bonds. The normalized spacial score (nSPS) is 12.8. The maximum Gasteiger partial charge on any atom is 0.189 e. The van der Waals surface area contributed by atoms with Crippen molar-refractivity contribution in [3.63, 3.8) is 0 Å². The molecule has 19 heavy (non-hydrogen) atoms. The lowest BCUT2D eigenvalue weighted by atomic mass is 9.97. The first-order valence-corrected chi connectivity index (χ1v) is 7.04. The number of Topliss-reactive ketones (excluding diaryl/α,β-unsaturated/α-hetero) is 1.